The molecule has 0 aliphatic carbocycles. The van der Waals surface area contributed by atoms with Gasteiger partial charge in [-0.3, -0.25) is 9.48 Å². The van der Waals surface area contributed by atoms with Crippen LogP contribution in [0.2, 0.25) is 0 Å². The van der Waals surface area contributed by atoms with Crippen LogP contribution in [0.5, 0.6) is 0 Å². The quantitative estimate of drug-likeness (QED) is 0.481. The van der Waals surface area contributed by atoms with Gasteiger partial charge in [-0.05, 0) is 43.7 Å². The Bertz CT molecular complexity index is 1290. The van der Waals surface area contributed by atoms with Crippen LogP contribution in [0.3, 0.4) is 0 Å². The van der Waals surface area contributed by atoms with E-state index in [4.69, 9.17) is 5.11 Å². The highest BCUT2D eigenvalue weighted by atomic mass is 19.4. The van der Waals surface area contributed by atoms with E-state index < -0.39 is 17.7 Å². The summed E-state index contributed by atoms with van der Waals surface area (Å²) in [6.07, 6.45) is -4.50. The number of alkyl halides is 3. The lowest BCUT2D eigenvalue weighted by molar-refractivity contribution is -0.138. The number of nitrogens with one attached hydrogen (secondary N) is 1. The maximum Gasteiger partial charge on any atom is 0.416 e. The van der Waals surface area contributed by atoms with Crippen LogP contribution in [0.4, 0.5) is 13.2 Å². The Morgan fingerprint density at radius 3 is 2.65 bits per heavy atom. The van der Waals surface area contributed by atoms with Gasteiger partial charge in [-0.25, -0.2) is 4.98 Å². The van der Waals surface area contributed by atoms with Crippen LogP contribution in [-0.4, -0.2) is 30.8 Å². The van der Waals surface area contributed by atoms with Gasteiger partial charge in [0.25, 0.3) is 0 Å². The van der Waals surface area contributed by atoms with E-state index in [0.29, 0.717) is 34.7 Å². The number of aromatic nitrogens is 4. The summed E-state index contributed by atoms with van der Waals surface area (Å²) in [4.78, 5) is 18.5. The maximum atomic E-state index is 13.0. The molecule has 0 aliphatic heterocycles. The highest BCUT2D eigenvalue weighted by Crippen LogP contribution is 2.32. The van der Waals surface area contributed by atoms with Gasteiger partial charge >= 0.3 is 12.1 Å². The van der Waals surface area contributed by atoms with Crippen LogP contribution in [0.15, 0.2) is 42.5 Å². The number of carboxylic acids is 1. The van der Waals surface area contributed by atoms with Gasteiger partial charge in [-0.15, -0.1) is 0 Å². The first kappa shape index (κ1) is 20.6. The smallest absolute Gasteiger partial charge is 0.416 e. The van der Waals surface area contributed by atoms with Gasteiger partial charge in [-0.1, -0.05) is 18.2 Å². The molecule has 2 N–H and O–H groups in total. The molecule has 6 nitrogen and oxygen atoms in total. The van der Waals surface area contributed by atoms with E-state index in [0.717, 1.165) is 29.0 Å². The Kier molecular flexibility index (Phi) is 5.04. The van der Waals surface area contributed by atoms with Crippen LogP contribution < -0.4 is 0 Å². The van der Waals surface area contributed by atoms with Crippen molar-refractivity contribution in [1.29, 1.82) is 0 Å². The lowest BCUT2D eigenvalue weighted by atomic mass is 10.1. The SMILES string of the molecule is Cc1nn(Cc2cccc(-c3nc4ccc(C(F)(F)F)cc4[nH]3)c2)c(C)c1CC(=O)O. The van der Waals surface area contributed by atoms with Crippen molar-refractivity contribution < 1.29 is 23.1 Å². The van der Waals surface area contributed by atoms with Crippen molar-refractivity contribution in [2.45, 2.75) is 33.0 Å². The first-order chi connectivity index (χ1) is 14.6. The summed E-state index contributed by atoms with van der Waals surface area (Å²) in [6.45, 7) is 4.04. The molecular weight excluding hydrogens is 409 g/mol. The molecule has 0 unspecified atom stereocenters. The molecule has 0 fully saturated rings. The second-order valence-electron chi connectivity index (χ2n) is 7.39. The summed E-state index contributed by atoms with van der Waals surface area (Å²) >= 11 is 0. The summed E-state index contributed by atoms with van der Waals surface area (Å²) in [5, 5.41) is 13.5. The van der Waals surface area contributed by atoms with Crippen LogP contribution >= 0.6 is 0 Å². The first-order valence-corrected chi connectivity index (χ1v) is 9.53. The molecule has 0 spiro atoms. The Morgan fingerprint density at radius 1 is 1.16 bits per heavy atom. The number of hydrogen-bond acceptors (Lipinski definition) is 3. The van der Waals surface area contributed by atoms with Crippen LogP contribution in [0.25, 0.3) is 22.4 Å². The van der Waals surface area contributed by atoms with E-state index in [1.54, 1.807) is 11.6 Å². The number of benzene rings is 2. The van der Waals surface area contributed by atoms with Crippen LogP contribution in [0.1, 0.15) is 28.1 Å². The number of halogens is 3. The normalized spacial score (nSPS) is 11.9. The molecule has 4 rings (SSSR count). The van der Waals surface area contributed by atoms with Gasteiger partial charge in [0.2, 0.25) is 0 Å². The average Bonchev–Trinajstić information content (AvgIpc) is 3.23. The summed E-state index contributed by atoms with van der Waals surface area (Å²) in [7, 11) is 0. The van der Waals surface area contributed by atoms with Gasteiger partial charge in [0.15, 0.2) is 0 Å². The number of nitrogens with zero attached hydrogens (tertiary/aromatic N) is 3. The maximum absolute atomic E-state index is 13.0. The topological polar surface area (TPSA) is 83.8 Å². The molecule has 31 heavy (non-hydrogen) atoms. The predicted molar refractivity (Wildman–Crippen MR) is 109 cm³/mol. The Labute approximate surface area is 175 Å². The zero-order chi connectivity index (χ0) is 22.3. The van der Waals surface area contributed by atoms with Crippen molar-refractivity contribution in [2.24, 2.45) is 0 Å². The fourth-order valence-electron chi connectivity index (χ4n) is 3.61. The van der Waals surface area contributed by atoms with E-state index >= 15 is 0 Å². The number of imidazole rings is 1. The van der Waals surface area contributed by atoms with Crippen molar-refractivity contribution in [2.75, 3.05) is 0 Å². The van der Waals surface area contributed by atoms with Crippen molar-refractivity contribution in [3.05, 3.63) is 70.5 Å². The Morgan fingerprint density at radius 2 is 1.94 bits per heavy atom. The molecule has 2 aromatic heterocycles. The second kappa shape index (κ2) is 7.57. The molecule has 2 aromatic carbocycles. The number of fused-ring (bicyclic) bond motifs is 1. The summed E-state index contributed by atoms with van der Waals surface area (Å²) in [5.74, 6) is -0.442. The number of carbonyl (C=O) groups is 1. The van der Waals surface area contributed by atoms with E-state index in [1.165, 1.54) is 6.07 Å². The average molecular weight is 428 g/mol. The van der Waals surface area contributed by atoms with Crippen LogP contribution in [-0.2, 0) is 23.9 Å². The zero-order valence-electron chi connectivity index (χ0n) is 16.8. The fraction of sp³-hybridized carbons (Fsp3) is 0.227. The molecule has 4 aromatic rings. The second-order valence-corrected chi connectivity index (χ2v) is 7.39. The molecule has 160 valence electrons. The van der Waals surface area contributed by atoms with Gasteiger partial charge in [0.1, 0.15) is 5.82 Å². The number of aromatic amines is 1. The third-order valence-electron chi connectivity index (χ3n) is 5.20. The minimum atomic E-state index is -4.42. The van der Waals surface area contributed by atoms with Gasteiger partial charge in [0.05, 0.1) is 35.3 Å². The molecule has 0 aliphatic rings. The Hall–Kier alpha value is -3.62. The highest BCUT2D eigenvalue weighted by molar-refractivity contribution is 5.80. The number of aliphatic carboxylic acids is 1. The standard InChI is InChI=1S/C22H19F3N4O2/c1-12-17(10-20(30)31)13(2)29(28-12)11-14-4-3-5-15(8-14)21-26-18-7-6-16(22(23,24)25)9-19(18)27-21/h3-9H,10-11H2,1-2H3,(H,26,27)(H,30,31). The van der Waals surface area contributed by atoms with Crippen molar-refractivity contribution >= 4 is 17.0 Å². The largest absolute Gasteiger partial charge is 0.481 e. The third-order valence-corrected chi connectivity index (χ3v) is 5.20. The monoisotopic (exact) mass is 428 g/mol. The molecule has 9 heteroatoms. The minimum Gasteiger partial charge on any atom is -0.481 e. The van der Waals surface area contributed by atoms with Crippen LogP contribution in [0, 0.1) is 13.8 Å². The number of rotatable bonds is 5. The lowest BCUT2D eigenvalue weighted by Crippen LogP contribution is -2.06. The fourth-order valence-corrected chi connectivity index (χ4v) is 3.61. The molecule has 0 radical (unpaired) electrons. The van der Waals surface area contributed by atoms with Crippen molar-refractivity contribution in [3.63, 3.8) is 0 Å². The molecule has 2 heterocycles. The minimum absolute atomic E-state index is 0.0867. The van der Waals surface area contributed by atoms with E-state index in [1.807, 2.05) is 31.2 Å². The van der Waals surface area contributed by atoms with Crippen molar-refractivity contribution in [3.8, 4) is 11.4 Å². The predicted octanol–water partition coefficient (Wildman–Crippen LogP) is 4.74. The molecule has 0 atom stereocenters. The lowest BCUT2D eigenvalue weighted by Gasteiger charge is -2.07. The molecule has 0 saturated carbocycles. The highest BCUT2D eigenvalue weighted by Gasteiger charge is 2.30. The molecule has 0 bridgehead atoms. The Balaban J connectivity index is 1.64. The number of H-pyrrole nitrogens is 1. The van der Waals surface area contributed by atoms with Gasteiger partial charge in [0, 0.05) is 16.8 Å². The summed E-state index contributed by atoms with van der Waals surface area (Å²) in [6, 6.07) is 10.9. The zero-order valence-corrected chi connectivity index (χ0v) is 16.8. The summed E-state index contributed by atoms with van der Waals surface area (Å²) in [5.41, 5.74) is 3.82. The number of carboxylic acid groups (broad SMARTS) is 1. The first-order valence-electron chi connectivity index (χ1n) is 9.53. The van der Waals surface area contributed by atoms with Gasteiger partial charge in [-0.2, -0.15) is 18.3 Å². The number of hydrogen-bond donors (Lipinski definition) is 2. The van der Waals surface area contributed by atoms with E-state index in [-0.39, 0.29) is 6.42 Å². The molecular formula is C22H19F3N4O2. The van der Waals surface area contributed by atoms with Crippen molar-refractivity contribution in [1.82, 2.24) is 19.7 Å². The third kappa shape index (κ3) is 4.16. The molecule has 0 saturated heterocycles. The van der Waals surface area contributed by atoms with E-state index in [9.17, 15) is 18.0 Å². The summed E-state index contributed by atoms with van der Waals surface area (Å²) < 4.78 is 40.6. The molecule has 0 amide bonds. The van der Waals surface area contributed by atoms with Gasteiger partial charge < -0.3 is 10.1 Å². The van der Waals surface area contributed by atoms with E-state index in [2.05, 4.69) is 15.1 Å². The number of aryl methyl sites for hydroxylation is 1.